The predicted molar refractivity (Wildman–Crippen MR) is 55.3 cm³/mol. The highest BCUT2D eigenvalue weighted by molar-refractivity contribution is 7.81. The Labute approximate surface area is 83.0 Å². The number of aryl methyl sites for hydroxylation is 2. The zero-order chi connectivity index (χ0) is 10.0. The minimum absolute atomic E-state index is 0.722. The second kappa shape index (κ2) is 3.83. The SMILES string of the molecule is Cc1ccc(C)c(C(S)C(=O)O)c1. The normalized spacial score (nSPS) is 12.5. The molecule has 2 nitrogen and oxygen atoms in total. The van der Waals surface area contributed by atoms with Crippen LogP contribution in [0, 0.1) is 13.8 Å². The van der Waals surface area contributed by atoms with Crippen molar-refractivity contribution < 1.29 is 9.90 Å². The van der Waals surface area contributed by atoms with Gasteiger partial charge in [-0.2, -0.15) is 12.6 Å². The van der Waals surface area contributed by atoms with E-state index in [1.165, 1.54) is 0 Å². The van der Waals surface area contributed by atoms with Gasteiger partial charge in [-0.15, -0.1) is 0 Å². The monoisotopic (exact) mass is 196 g/mol. The van der Waals surface area contributed by atoms with E-state index >= 15 is 0 Å². The average Bonchev–Trinajstić information content (AvgIpc) is 2.08. The molecule has 1 aromatic rings. The lowest BCUT2D eigenvalue weighted by Crippen LogP contribution is -2.06. The summed E-state index contributed by atoms with van der Waals surface area (Å²) in [6, 6.07) is 5.74. The summed E-state index contributed by atoms with van der Waals surface area (Å²) in [6.45, 7) is 3.83. The topological polar surface area (TPSA) is 37.3 Å². The summed E-state index contributed by atoms with van der Waals surface area (Å²) >= 11 is 4.03. The van der Waals surface area contributed by atoms with Crippen molar-refractivity contribution in [2.24, 2.45) is 0 Å². The van der Waals surface area contributed by atoms with E-state index in [2.05, 4.69) is 12.6 Å². The zero-order valence-corrected chi connectivity index (χ0v) is 8.51. The van der Waals surface area contributed by atoms with Crippen molar-refractivity contribution in [3.63, 3.8) is 0 Å². The van der Waals surface area contributed by atoms with Crippen LogP contribution in [0.15, 0.2) is 18.2 Å². The van der Waals surface area contributed by atoms with Crippen LogP contribution in [-0.2, 0) is 4.79 Å². The van der Waals surface area contributed by atoms with E-state index in [-0.39, 0.29) is 0 Å². The van der Waals surface area contributed by atoms with E-state index in [9.17, 15) is 4.79 Å². The maximum absolute atomic E-state index is 10.7. The van der Waals surface area contributed by atoms with Gasteiger partial charge in [0.2, 0.25) is 0 Å². The van der Waals surface area contributed by atoms with E-state index < -0.39 is 11.2 Å². The molecule has 0 aromatic heterocycles. The number of rotatable bonds is 2. The van der Waals surface area contributed by atoms with Crippen LogP contribution in [-0.4, -0.2) is 11.1 Å². The van der Waals surface area contributed by atoms with Crippen molar-refractivity contribution in [2.75, 3.05) is 0 Å². The smallest absolute Gasteiger partial charge is 0.320 e. The van der Waals surface area contributed by atoms with Crippen molar-refractivity contribution in [1.29, 1.82) is 0 Å². The molecule has 1 aromatic carbocycles. The number of carboxylic acids is 1. The molecule has 0 fully saturated rings. The maximum Gasteiger partial charge on any atom is 0.320 e. The Balaban J connectivity index is 3.12. The molecular weight excluding hydrogens is 184 g/mol. The van der Waals surface area contributed by atoms with Crippen LogP contribution < -0.4 is 0 Å². The number of hydrogen-bond acceptors (Lipinski definition) is 2. The van der Waals surface area contributed by atoms with Crippen LogP contribution in [0.5, 0.6) is 0 Å². The summed E-state index contributed by atoms with van der Waals surface area (Å²) in [7, 11) is 0. The Hall–Kier alpha value is -0.960. The molecule has 0 saturated carbocycles. The first-order valence-corrected chi connectivity index (χ1v) is 4.52. The van der Waals surface area contributed by atoms with Crippen molar-refractivity contribution in [2.45, 2.75) is 19.1 Å². The first-order chi connectivity index (χ1) is 6.02. The fraction of sp³-hybridized carbons (Fsp3) is 0.300. The third-order valence-corrected chi connectivity index (χ3v) is 2.46. The molecule has 0 spiro atoms. The van der Waals surface area contributed by atoms with Gasteiger partial charge in [0.1, 0.15) is 5.25 Å². The van der Waals surface area contributed by atoms with Crippen LogP contribution in [0.2, 0.25) is 0 Å². The Morgan fingerprint density at radius 2 is 2.08 bits per heavy atom. The largest absolute Gasteiger partial charge is 0.480 e. The van der Waals surface area contributed by atoms with Gasteiger partial charge in [-0.05, 0) is 25.0 Å². The summed E-state index contributed by atoms with van der Waals surface area (Å²) in [6.07, 6.45) is 0. The quantitative estimate of drug-likeness (QED) is 0.712. The summed E-state index contributed by atoms with van der Waals surface area (Å²) in [5, 5.41) is 8.05. The number of hydrogen-bond donors (Lipinski definition) is 2. The van der Waals surface area contributed by atoms with Gasteiger partial charge in [0.15, 0.2) is 0 Å². The molecular formula is C10H12O2S. The van der Waals surface area contributed by atoms with E-state index in [0.29, 0.717) is 0 Å². The van der Waals surface area contributed by atoms with E-state index in [0.717, 1.165) is 16.7 Å². The van der Waals surface area contributed by atoms with Gasteiger partial charge < -0.3 is 5.11 Å². The summed E-state index contributed by atoms with van der Waals surface area (Å²) in [5.41, 5.74) is 2.80. The van der Waals surface area contributed by atoms with Gasteiger partial charge in [0, 0.05) is 0 Å². The van der Waals surface area contributed by atoms with Crippen molar-refractivity contribution in [3.05, 3.63) is 34.9 Å². The van der Waals surface area contributed by atoms with E-state index in [1.807, 2.05) is 32.0 Å². The molecule has 13 heavy (non-hydrogen) atoms. The number of carbonyl (C=O) groups is 1. The van der Waals surface area contributed by atoms with Crippen LogP contribution >= 0.6 is 12.6 Å². The fourth-order valence-electron chi connectivity index (χ4n) is 1.19. The molecule has 1 unspecified atom stereocenters. The Bertz CT molecular complexity index is 334. The van der Waals surface area contributed by atoms with E-state index in [1.54, 1.807) is 0 Å². The van der Waals surface area contributed by atoms with Crippen molar-refractivity contribution in [1.82, 2.24) is 0 Å². The predicted octanol–water partition coefficient (Wildman–Crippen LogP) is 2.36. The highest BCUT2D eigenvalue weighted by Crippen LogP contribution is 2.24. The first kappa shape index (κ1) is 10.1. The van der Waals surface area contributed by atoms with Gasteiger partial charge in [-0.3, -0.25) is 4.79 Å². The molecule has 0 heterocycles. The lowest BCUT2D eigenvalue weighted by molar-refractivity contribution is -0.136. The van der Waals surface area contributed by atoms with Gasteiger partial charge in [0.05, 0.1) is 0 Å². The molecule has 3 heteroatoms. The molecule has 0 saturated heterocycles. The lowest BCUT2D eigenvalue weighted by atomic mass is 10.0. The maximum atomic E-state index is 10.7. The number of carboxylic acid groups (broad SMARTS) is 1. The Morgan fingerprint density at radius 3 is 2.62 bits per heavy atom. The summed E-state index contributed by atoms with van der Waals surface area (Å²) in [4.78, 5) is 10.7. The molecule has 0 aliphatic rings. The molecule has 0 radical (unpaired) electrons. The van der Waals surface area contributed by atoms with Crippen LogP contribution in [0.1, 0.15) is 21.9 Å². The van der Waals surface area contributed by atoms with Gasteiger partial charge >= 0.3 is 5.97 Å². The molecule has 1 rings (SSSR count). The van der Waals surface area contributed by atoms with Gasteiger partial charge in [-0.25, -0.2) is 0 Å². The van der Waals surface area contributed by atoms with Crippen molar-refractivity contribution in [3.8, 4) is 0 Å². The lowest BCUT2D eigenvalue weighted by Gasteiger charge is -2.10. The molecule has 70 valence electrons. The molecule has 1 atom stereocenters. The molecule has 0 amide bonds. The summed E-state index contributed by atoms with van der Waals surface area (Å²) in [5.74, 6) is -0.906. The van der Waals surface area contributed by atoms with E-state index in [4.69, 9.17) is 5.11 Å². The second-order valence-corrected chi connectivity index (χ2v) is 3.62. The van der Waals surface area contributed by atoms with Gasteiger partial charge in [-0.1, -0.05) is 23.8 Å². The number of aliphatic carboxylic acids is 1. The first-order valence-electron chi connectivity index (χ1n) is 4.00. The standard InChI is InChI=1S/C10H12O2S/c1-6-3-4-7(2)8(5-6)9(13)10(11)12/h3-5,9,13H,1-2H3,(H,11,12). The molecule has 0 bridgehead atoms. The van der Waals surface area contributed by atoms with Crippen LogP contribution in [0.3, 0.4) is 0 Å². The Kier molecular flexibility index (Phi) is 2.98. The van der Waals surface area contributed by atoms with Gasteiger partial charge in [0.25, 0.3) is 0 Å². The number of benzene rings is 1. The van der Waals surface area contributed by atoms with Crippen molar-refractivity contribution >= 4 is 18.6 Å². The second-order valence-electron chi connectivity index (χ2n) is 3.10. The Morgan fingerprint density at radius 1 is 1.46 bits per heavy atom. The summed E-state index contributed by atoms with van der Waals surface area (Å²) < 4.78 is 0. The third kappa shape index (κ3) is 2.25. The fourth-order valence-corrected chi connectivity index (χ4v) is 1.47. The van der Waals surface area contributed by atoms with Crippen LogP contribution in [0.25, 0.3) is 0 Å². The highest BCUT2D eigenvalue weighted by Gasteiger charge is 2.16. The third-order valence-electron chi connectivity index (χ3n) is 1.96. The minimum atomic E-state index is -0.906. The van der Waals surface area contributed by atoms with Crippen LogP contribution in [0.4, 0.5) is 0 Å². The zero-order valence-electron chi connectivity index (χ0n) is 7.61. The number of thiol groups is 1. The molecule has 0 aliphatic carbocycles. The average molecular weight is 196 g/mol. The molecule has 1 N–H and O–H groups in total. The molecule has 0 aliphatic heterocycles. The highest BCUT2D eigenvalue weighted by atomic mass is 32.1. The minimum Gasteiger partial charge on any atom is -0.480 e.